The number of aromatic nitrogens is 4. The Morgan fingerprint density at radius 2 is 1.10 bits per heavy atom. The summed E-state index contributed by atoms with van der Waals surface area (Å²) in [6, 6.07) is 21.1. The van der Waals surface area contributed by atoms with Crippen molar-refractivity contribution in [2.24, 2.45) is 0 Å². The zero-order valence-corrected chi connectivity index (χ0v) is 36.6. The maximum Gasteiger partial charge on any atom is 0.407 e. The molecule has 2 N–H and O–H groups in total. The number of thiophene rings is 2. The summed E-state index contributed by atoms with van der Waals surface area (Å²) in [5.74, 6) is 1.96. The predicted molar refractivity (Wildman–Crippen MR) is 240 cm³/mol. The number of aryl methyl sites for hydroxylation is 1. The molecule has 0 aliphatic carbocycles. The Morgan fingerprint density at radius 1 is 0.644 bits per heavy atom. The van der Waals surface area contributed by atoms with Crippen LogP contribution in [0.15, 0.2) is 78.7 Å². The molecular weight excluding hydrogens is 781 g/mol. The van der Waals surface area contributed by atoms with Crippen LogP contribution in [0.25, 0.3) is 42.7 Å². The number of nitrogens with zero attached hydrogens (tertiary/aromatic N) is 6. The Labute approximate surface area is 354 Å². The molecule has 0 bridgehead atoms. The molecule has 0 atom stereocenters. The van der Waals surface area contributed by atoms with Crippen LogP contribution in [0.3, 0.4) is 0 Å². The minimum atomic E-state index is -0.484. The zero-order valence-electron chi connectivity index (χ0n) is 34.9. The highest BCUT2D eigenvalue weighted by Crippen LogP contribution is 2.42. The maximum atomic E-state index is 12.1. The molecule has 2 aromatic carbocycles. The number of anilines is 2. The van der Waals surface area contributed by atoms with Crippen LogP contribution < -0.4 is 20.4 Å². The summed E-state index contributed by atoms with van der Waals surface area (Å²) in [7, 11) is 0. The lowest BCUT2D eigenvalue weighted by Crippen LogP contribution is -2.46. The average molecular weight is 835 g/mol. The highest BCUT2D eigenvalue weighted by molar-refractivity contribution is 7.19. The van der Waals surface area contributed by atoms with Crippen LogP contribution in [0.5, 0.6) is 0 Å². The van der Waals surface area contributed by atoms with Crippen LogP contribution in [0, 0.1) is 6.92 Å². The van der Waals surface area contributed by atoms with E-state index in [1.54, 1.807) is 35.3 Å². The normalized spacial score (nSPS) is 15.4. The highest BCUT2D eigenvalue weighted by Gasteiger charge is 2.28. The van der Waals surface area contributed by atoms with E-state index in [1.807, 2.05) is 53.7 Å². The first-order valence-corrected chi connectivity index (χ1v) is 22.0. The third kappa shape index (κ3) is 10.5. The summed E-state index contributed by atoms with van der Waals surface area (Å²) in [4.78, 5) is 50.4. The molecule has 0 saturated carbocycles. The molecule has 2 fully saturated rings. The SMILES string of the molecule is CC(C)(C)OC(=O)NC1CCN(c2ncnc3scc(-c4ccccc4)c23)CC1.Cc1sc2ncnc(N3CCC(NC(=O)OC(C)(C)C)CC3)c2c1-c1ccccc1. The van der Waals surface area contributed by atoms with Gasteiger partial charge in [0, 0.05) is 59.6 Å². The summed E-state index contributed by atoms with van der Waals surface area (Å²) in [6.07, 6.45) is 6.05. The summed E-state index contributed by atoms with van der Waals surface area (Å²) in [6.45, 7) is 16.7. The molecule has 2 aliphatic heterocycles. The number of amides is 2. The Kier molecular flexibility index (Phi) is 12.7. The van der Waals surface area contributed by atoms with Crippen LogP contribution in [-0.4, -0.2) is 81.6 Å². The first-order valence-electron chi connectivity index (χ1n) is 20.3. The fraction of sp³-hybridized carbons (Fsp3) is 0.422. The van der Waals surface area contributed by atoms with Gasteiger partial charge in [-0.15, -0.1) is 22.7 Å². The molecule has 12 nitrogen and oxygen atoms in total. The van der Waals surface area contributed by atoms with Gasteiger partial charge in [-0.2, -0.15) is 0 Å². The maximum absolute atomic E-state index is 12.1. The highest BCUT2D eigenvalue weighted by atomic mass is 32.1. The first kappa shape index (κ1) is 41.8. The van der Waals surface area contributed by atoms with Gasteiger partial charge in [-0.1, -0.05) is 60.7 Å². The van der Waals surface area contributed by atoms with Gasteiger partial charge in [-0.3, -0.25) is 0 Å². The molecule has 59 heavy (non-hydrogen) atoms. The largest absolute Gasteiger partial charge is 0.444 e. The van der Waals surface area contributed by atoms with Gasteiger partial charge in [0.15, 0.2) is 0 Å². The number of fused-ring (bicyclic) bond motifs is 2. The van der Waals surface area contributed by atoms with Crippen LogP contribution in [0.1, 0.15) is 72.1 Å². The lowest BCUT2D eigenvalue weighted by Gasteiger charge is -2.34. The molecule has 0 unspecified atom stereocenters. The van der Waals surface area contributed by atoms with Gasteiger partial charge in [0.1, 0.15) is 45.2 Å². The van der Waals surface area contributed by atoms with E-state index in [1.165, 1.54) is 27.1 Å². The number of rotatable bonds is 6. The summed E-state index contributed by atoms with van der Waals surface area (Å²) in [5, 5.41) is 10.4. The smallest absolute Gasteiger partial charge is 0.407 e. The lowest BCUT2D eigenvalue weighted by molar-refractivity contribution is 0.0485. The van der Waals surface area contributed by atoms with Crippen LogP contribution in [-0.2, 0) is 9.47 Å². The van der Waals surface area contributed by atoms with Crippen LogP contribution >= 0.6 is 22.7 Å². The number of nitrogens with one attached hydrogen (secondary N) is 2. The number of ether oxygens (including phenoxy) is 2. The van der Waals surface area contributed by atoms with Gasteiger partial charge in [-0.25, -0.2) is 29.5 Å². The van der Waals surface area contributed by atoms with Gasteiger partial charge in [-0.05, 0) is 85.3 Å². The molecule has 0 radical (unpaired) electrons. The fourth-order valence-corrected chi connectivity index (χ4v) is 9.49. The van der Waals surface area contributed by atoms with Crippen molar-refractivity contribution in [3.63, 3.8) is 0 Å². The summed E-state index contributed by atoms with van der Waals surface area (Å²) < 4.78 is 10.8. The van der Waals surface area contributed by atoms with E-state index in [2.05, 4.69) is 101 Å². The molecule has 2 aliphatic rings. The molecular formula is C45H54N8O4S2. The Balaban J connectivity index is 0.000000179. The topological polar surface area (TPSA) is 135 Å². The monoisotopic (exact) mass is 834 g/mol. The van der Waals surface area contributed by atoms with E-state index in [0.29, 0.717) is 0 Å². The predicted octanol–water partition coefficient (Wildman–Crippen LogP) is 10.0. The third-order valence-corrected chi connectivity index (χ3v) is 12.1. The number of alkyl carbamates (subject to hydrolysis) is 2. The number of piperidine rings is 2. The summed E-state index contributed by atoms with van der Waals surface area (Å²) in [5.41, 5.74) is 3.80. The van der Waals surface area contributed by atoms with Crippen molar-refractivity contribution >= 4 is 66.9 Å². The second kappa shape index (κ2) is 17.9. The van der Waals surface area contributed by atoms with E-state index in [-0.39, 0.29) is 24.3 Å². The van der Waals surface area contributed by atoms with Gasteiger partial charge >= 0.3 is 12.2 Å². The molecule has 6 aromatic rings. The molecule has 2 amide bonds. The zero-order chi connectivity index (χ0) is 41.7. The van der Waals surface area contributed by atoms with E-state index in [0.717, 1.165) is 83.9 Å². The van der Waals surface area contributed by atoms with Crippen molar-refractivity contribution in [1.29, 1.82) is 0 Å². The van der Waals surface area contributed by atoms with Crippen molar-refractivity contribution in [2.45, 2.75) is 97.4 Å². The van der Waals surface area contributed by atoms with Crippen molar-refractivity contribution in [2.75, 3.05) is 36.0 Å². The van der Waals surface area contributed by atoms with Gasteiger partial charge in [0.05, 0.1) is 10.8 Å². The molecule has 310 valence electrons. The lowest BCUT2D eigenvalue weighted by atomic mass is 10.0. The van der Waals surface area contributed by atoms with Crippen molar-refractivity contribution in [3.05, 3.63) is 83.6 Å². The van der Waals surface area contributed by atoms with E-state index in [9.17, 15) is 9.59 Å². The van der Waals surface area contributed by atoms with Crippen LogP contribution in [0.2, 0.25) is 0 Å². The van der Waals surface area contributed by atoms with E-state index >= 15 is 0 Å². The van der Waals surface area contributed by atoms with E-state index < -0.39 is 11.2 Å². The minimum Gasteiger partial charge on any atom is -0.444 e. The standard InChI is InChI=1S/C23H28N4O2S.C22H26N4O2S/c1-15-18(16-8-6-5-7-9-16)19-20(24-14-25-21(19)30-15)27-12-10-17(11-13-27)26-22(28)29-23(2,3)4;1-22(2,3)28-21(27)25-16-9-11-26(12-10-16)19-18-17(15-7-5-4-6-8-15)13-29-20(18)24-14-23-19/h5-9,14,17H,10-13H2,1-4H3,(H,26,28);4-8,13-14,16H,9-12H2,1-3H3,(H,25,27). The first-order chi connectivity index (χ1) is 28.2. The van der Waals surface area contributed by atoms with Gasteiger partial charge in [0.25, 0.3) is 0 Å². The van der Waals surface area contributed by atoms with Gasteiger partial charge in [0.2, 0.25) is 0 Å². The molecule has 2 saturated heterocycles. The molecule has 4 aromatic heterocycles. The quantitative estimate of drug-likeness (QED) is 0.167. The molecule has 0 spiro atoms. The van der Waals surface area contributed by atoms with Crippen molar-refractivity contribution < 1.29 is 19.1 Å². The number of benzene rings is 2. The fourth-order valence-electron chi connectivity index (χ4n) is 7.57. The number of carbonyl (C=O) groups is 2. The Hall–Kier alpha value is -5.34. The number of hydrogen-bond acceptors (Lipinski definition) is 12. The second-order valence-corrected chi connectivity index (χ2v) is 19.0. The summed E-state index contributed by atoms with van der Waals surface area (Å²) >= 11 is 3.36. The number of hydrogen-bond donors (Lipinski definition) is 2. The van der Waals surface area contributed by atoms with Crippen molar-refractivity contribution in [1.82, 2.24) is 30.6 Å². The molecule has 8 rings (SSSR count). The Morgan fingerprint density at radius 3 is 1.59 bits per heavy atom. The van der Waals surface area contributed by atoms with Gasteiger partial charge < -0.3 is 29.9 Å². The average Bonchev–Trinajstić information content (AvgIpc) is 3.79. The number of carbonyl (C=O) groups excluding carboxylic acids is 2. The molecule has 6 heterocycles. The third-order valence-electron chi connectivity index (χ3n) is 10.2. The van der Waals surface area contributed by atoms with Crippen LogP contribution in [0.4, 0.5) is 21.2 Å². The van der Waals surface area contributed by atoms with E-state index in [4.69, 9.17) is 9.47 Å². The Bertz CT molecular complexity index is 2360. The second-order valence-electron chi connectivity index (χ2n) is 17.0. The minimum absolute atomic E-state index is 0.117. The molecule has 14 heteroatoms. The van der Waals surface area contributed by atoms with Crippen molar-refractivity contribution in [3.8, 4) is 22.3 Å².